The predicted octanol–water partition coefficient (Wildman–Crippen LogP) is 2.76. The van der Waals surface area contributed by atoms with Crippen LogP contribution in [-0.2, 0) is 0 Å². The van der Waals surface area contributed by atoms with E-state index in [4.69, 9.17) is 9.47 Å². The highest BCUT2D eigenvalue weighted by Gasteiger charge is 2.39. The lowest BCUT2D eigenvalue weighted by Gasteiger charge is -2.18. The molecule has 1 N–H and O–H groups in total. The summed E-state index contributed by atoms with van der Waals surface area (Å²) < 4.78 is 11.4. The first-order chi connectivity index (χ1) is 8.79. The first-order valence-electron chi connectivity index (χ1n) is 6.86. The minimum atomic E-state index is 0.442. The molecular formula is C15H21NO2. The number of rotatable bonds is 3. The quantitative estimate of drug-likeness (QED) is 0.891. The van der Waals surface area contributed by atoms with Crippen molar-refractivity contribution in [2.24, 2.45) is 11.8 Å². The fourth-order valence-electron chi connectivity index (χ4n) is 2.82. The highest BCUT2D eigenvalue weighted by Crippen LogP contribution is 2.47. The molecule has 0 aromatic heterocycles. The van der Waals surface area contributed by atoms with Crippen LogP contribution in [0.2, 0.25) is 0 Å². The summed E-state index contributed by atoms with van der Waals surface area (Å²) in [7, 11) is 2.04. The van der Waals surface area contributed by atoms with Crippen LogP contribution in [0.5, 0.6) is 11.5 Å². The van der Waals surface area contributed by atoms with Crippen LogP contribution in [0.15, 0.2) is 18.2 Å². The lowest BCUT2D eigenvalue weighted by atomic mass is 10.0. The van der Waals surface area contributed by atoms with Gasteiger partial charge in [0.05, 0.1) is 13.2 Å². The fraction of sp³-hybridized carbons (Fsp3) is 0.600. The van der Waals surface area contributed by atoms with Crippen LogP contribution in [0.25, 0.3) is 0 Å². The Morgan fingerprint density at radius 3 is 2.61 bits per heavy atom. The van der Waals surface area contributed by atoms with E-state index in [9.17, 15) is 0 Å². The van der Waals surface area contributed by atoms with Gasteiger partial charge in [-0.25, -0.2) is 0 Å². The summed E-state index contributed by atoms with van der Waals surface area (Å²) in [6.07, 6.45) is 2.28. The van der Waals surface area contributed by atoms with Crippen LogP contribution in [0.1, 0.15) is 31.4 Å². The Labute approximate surface area is 108 Å². The molecule has 1 aliphatic carbocycles. The SMILES string of the molecule is CNC(c1ccc2c(c1)OCCCO2)C1CC1C. The first kappa shape index (κ1) is 11.8. The van der Waals surface area contributed by atoms with Crippen molar-refractivity contribution >= 4 is 0 Å². The van der Waals surface area contributed by atoms with Crippen LogP contribution in [-0.4, -0.2) is 20.3 Å². The summed E-state index contributed by atoms with van der Waals surface area (Å²) >= 11 is 0. The van der Waals surface area contributed by atoms with E-state index in [1.54, 1.807) is 0 Å². The highest BCUT2D eigenvalue weighted by atomic mass is 16.5. The Kier molecular flexibility index (Phi) is 3.16. The summed E-state index contributed by atoms with van der Waals surface area (Å²) in [6, 6.07) is 6.80. The van der Waals surface area contributed by atoms with E-state index in [0.29, 0.717) is 6.04 Å². The summed E-state index contributed by atoms with van der Waals surface area (Å²) in [5.41, 5.74) is 1.32. The van der Waals surface area contributed by atoms with Gasteiger partial charge in [-0.3, -0.25) is 0 Å². The highest BCUT2D eigenvalue weighted by molar-refractivity contribution is 5.44. The largest absolute Gasteiger partial charge is 0.490 e. The van der Waals surface area contributed by atoms with E-state index in [-0.39, 0.29) is 0 Å². The normalized spacial score (nSPS) is 27.4. The monoisotopic (exact) mass is 247 g/mol. The molecule has 0 radical (unpaired) electrons. The molecule has 0 bridgehead atoms. The van der Waals surface area contributed by atoms with Gasteiger partial charge in [0.15, 0.2) is 11.5 Å². The standard InChI is InChI=1S/C15H21NO2/c1-10-8-12(10)15(16-2)11-4-5-13-14(9-11)18-7-3-6-17-13/h4-5,9-10,12,15-16H,3,6-8H2,1-2H3. The Balaban J connectivity index is 1.86. The second-order valence-electron chi connectivity index (χ2n) is 5.40. The molecule has 2 aliphatic rings. The minimum absolute atomic E-state index is 0.442. The van der Waals surface area contributed by atoms with Crippen LogP contribution < -0.4 is 14.8 Å². The van der Waals surface area contributed by atoms with Crippen molar-refractivity contribution in [3.63, 3.8) is 0 Å². The van der Waals surface area contributed by atoms with E-state index in [1.807, 2.05) is 13.1 Å². The molecule has 3 rings (SSSR count). The zero-order chi connectivity index (χ0) is 12.5. The van der Waals surface area contributed by atoms with Gasteiger partial charge in [0.25, 0.3) is 0 Å². The zero-order valence-corrected chi connectivity index (χ0v) is 11.1. The van der Waals surface area contributed by atoms with Crippen molar-refractivity contribution in [2.75, 3.05) is 20.3 Å². The molecule has 1 aromatic carbocycles. The van der Waals surface area contributed by atoms with Gasteiger partial charge in [-0.15, -0.1) is 0 Å². The van der Waals surface area contributed by atoms with Crippen LogP contribution in [0, 0.1) is 11.8 Å². The van der Waals surface area contributed by atoms with Crippen LogP contribution in [0.3, 0.4) is 0 Å². The average Bonchev–Trinajstić information content (AvgIpc) is 3.13. The number of fused-ring (bicyclic) bond motifs is 1. The third-order valence-electron chi connectivity index (χ3n) is 4.04. The van der Waals surface area contributed by atoms with E-state index >= 15 is 0 Å². The molecule has 18 heavy (non-hydrogen) atoms. The van der Waals surface area contributed by atoms with Crippen LogP contribution in [0.4, 0.5) is 0 Å². The maximum absolute atomic E-state index is 5.76. The molecule has 1 heterocycles. The summed E-state index contributed by atoms with van der Waals surface area (Å²) in [5, 5.41) is 3.44. The first-order valence-corrected chi connectivity index (χ1v) is 6.86. The molecule has 1 aliphatic heterocycles. The Morgan fingerprint density at radius 2 is 1.94 bits per heavy atom. The van der Waals surface area contributed by atoms with Crippen molar-refractivity contribution in [3.8, 4) is 11.5 Å². The Hall–Kier alpha value is -1.22. The van der Waals surface area contributed by atoms with E-state index < -0.39 is 0 Å². The molecule has 3 atom stereocenters. The molecule has 0 saturated heterocycles. The summed E-state index contributed by atoms with van der Waals surface area (Å²) in [4.78, 5) is 0. The number of hydrogen-bond acceptors (Lipinski definition) is 3. The molecule has 1 saturated carbocycles. The van der Waals surface area contributed by atoms with E-state index in [0.717, 1.165) is 43.0 Å². The maximum atomic E-state index is 5.76. The average molecular weight is 247 g/mol. The van der Waals surface area contributed by atoms with Crippen molar-refractivity contribution in [1.82, 2.24) is 5.32 Å². The molecule has 1 fully saturated rings. The van der Waals surface area contributed by atoms with Gasteiger partial charge in [0.1, 0.15) is 0 Å². The van der Waals surface area contributed by atoms with Crippen molar-refractivity contribution in [2.45, 2.75) is 25.8 Å². The Morgan fingerprint density at radius 1 is 1.22 bits per heavy atom. The lowest BCUT2D eigenvalue weighted by molar-refractivity contribution is 0.297. The van der Waals surface area contributed by atoms with Crippen molar-refractivity contribution in [3.05, 3.63) is 23.8 Å². The van der Waals surface area contributed by atoms with Crippen molar-refractivity contribution < 1.29 is 9.47 Å². The molecular weight excluding hydrogens is 226 g/mol. The third-order valence-corrected chi connectivity index (χ3v) is 4.04. The van der Waals surface area contributed by atoms with E-state index in [2.05, 4.69) is 24.4 Å². The number of nitrogens with one attached hydrogen (secondary N) is 1. The lowest BCUT2D eigenvalue weighted by Crippen LogP contribution is -2.19. The van der Waals surface area contributed by atoms with Crippen molar-refractivity contribution in [1.29, 1.82) is 0 Å². The number of hydrogen-bond donors (Lipinski definition) is 1. The molecule has 3 nitrogen and oxygen atoms in total. The van der Waals surface area contributed by atoms with Gasteiger partial charge in [0.2, 0.25) is 0 Å². The Bertz CT molecular complexity index is 433. The zero-order valence-electron chi connectivity index (χ0n) is 11.1. The van der Waals surface area contributed by atoms with Gasteiger partial charge in [-0.2, -0.15) is 0 Å². The number of ether oxygens (including phenoxy) is 2. The van der Waals surface area contributed by atoms with E-state index in [1.165, 1.54) is 12.0 Å². The topological polar surface area (TPSA) is 30.5 Å². The molecule has 3 heteroatoms. The molecule has 0 spiro atoms. The third kappa shape index (κ3) is 2.19. The second kappa shape index (κ2) is 4.81. The van der Waals surface area contributed by atoms with Gasteiger partial charge in [0, 0.05) is 12.5 Å². The molecule has 0 amide bonds. The second-order valence-corrected chi connectivity index (χ2v) is 5.40. The van der Waals surface area contributed by atoms with Crippen LogP contribution >= 0.6 is 0 Å². The number of benzene rings is 1. The van der Waals surface area contributed by atoms with Gasteiger partial charge in [-0.1, -0.05) is 13.0 Å². The smallest absolute Gasteiger partial charge is 0.161 e. The predicted molar refractivity (Wildman–Crippen MR) is 71.1 cm³/mol. The molecule has 98 valence electrons. The summed E-state index contributed by atoms with van der Waals surface area (Å²) in [6.45, 7) is 3.82. The van der Waals surface area contributed by atoms with Gasteiger partial charge >= 0.3 is 0 Å². The molecule has 1 aromatic rings. The fourth-order valence-corrected chi connectivity index (χ4v) is 2.82. The maximum Gasteiger partial charge on any atom is 0.161 e. The molecule has 3 unspecified atom stereocenters. The van der Waals surface area contributed by atoms with Gasteiger partial charge < -0.3 is 14.8 Å². The minimum Gasteiger partial charge on any atom is -0.490 e. The van der Waals surface area contributed by atoms with Gasteiger partial charge in [-0.05, 0) is 43.0 Å². The summed E-state index contributed by atoms with van der Waals surface area (Å²) in [5.74, 6) is 3.38.